The fourth-order valence-corrected chi connectivity index (χ4v) is 7.19. The van der Waals surface area contributed by atoms with E-state index in [1.54, 1.807) is 41.3 Å². The molecule has 1 aliphatic heterocycles. The minimum Gasteiger partial charge on any atom is -0.354 e. The van der Waals surface area contributed by atoms with Crippen LogP contribution in [0.2, 0.25) is 10.0 Å². The second-order valence-electron chi connectivity index (χ2n) is 9.64. The number of halogens is 2. The Morgan fingerprint density at radius 1 is 1.03 bits per heavy atom. The van der Waals surface area contributed by atoms with Crippen LogP contribution < -0.4 is 9.62 Å². The molecule has 0 saturated carbocycles. The molecule has 0 fully saturated rings. The highest BCUT2D eigenvalue weighted by molar-refractivity contribution is 7.93. The summed E-state index contributed by atoms with van der Waals surface area (Å²) in [5.41, 5.74) is 1.31. The molecule has 1 atom stereocenters. The van der Waals surface area contributed by atoms with E-state index in [1.807, 2.05) is 32.0 Å². The van der Waals surface area contributed by atoms with Crippen molar-refractivity contribution >= 4 is 61.5 Å². The molecule has 4 rings (SSSR count). The lowest BCUT2D eigenvalue weighted by Crippen LogP contribution is -2.49. The number of amides is 2. The zero-order chi connectivity index (χ0) is 28.2. The first-order valence-electron chi connectivity index (χ1n) is 13.2. The minimum absolute atomic E-state index is 0.0717. The third-order valence-corrected chi connectivity index (χ3v) is 9.45. The van der Waals surface area contributed by atoms with E-state index < -0.39 is 16.1 Å². The third-order valence-electron chi connectivity index (χ3n) is 7.00. The SMILES string of the molecule is CCCCNC(=O)[C@H](CC)N(Cc1ccc(Cl)cc1Cl)C(=O)CCCN1c2cccc3cccc(c23)S1(=O)=O. The van der Waals surface area contributed by atoms with Crippen LogP contribution in [-0.2, 0) is 26.2 Å². The Balaban J connectivity index is 1.52. The van der Waals surface area contributed by atoms with Gasteiger partial charge in [-0.2, -0.15) is 0 Å². The van der Waals surface area contributed by atoms with Gasteiger partial charge in [-0.15, -0.1) is 0 Å². The summed E-state index contributed by atoms with van der Waals surface area (Å²) in [6.07, 6.45) is 2.58. The number of rotatable bonds is 12. The molecule has 10 heteroatoms. The Morgan fingerprint density at radius 2 is 1.77 bits per heavy atom. The molecule has 7 nitrogen and oxygen atoms in total. The van der Waals surface area contributed by atoms with Gasteiger partial charge in [0.1, 0.15) is 6.04 Å². The van der Waals surface area contributed by atoms with Crippen molar-refractivity contribution in [3.63, 3.8) is 0 Å². The van der Waals surface area contributed by atoms with Crippen LogP contribution in [0.1, 0.15) is 51.5 Å². The minimum atomic E-state index is -3.71. The van der Waals surface area contributed by atoms with Crippen LogP contribution in [0.5, 0.6) is 0 Å². The summed E-state index contributed by atoms with van der Waals surface area (Å²) in [7, 11) is -3.71. The summed E-state index contributed by atoms with van der Waals surface area (Å²) in [4.78, 5) is 28.5. The van der Waals surface area contributed by atoms with Crippen LogP contribution in [0.4, 0.5) is 5.69 Å². The van der Waals surface area contributed by atoms with Crippen molar-refractivity contribution in [2.24, 2.45) is 0 Å². The zero-order valence-corrected chi connectivity index (χ0v) is 24.5. The average Bonchev–Trinajstić information content (AvgIpc) is 3.13. The van der Waals surface area contributed by atoms with Crippen LogP contribution in [0.3, 0.4) is 0 Å². The smallest absolute Gasteiger partial charge is 0.265 e. The van der Waals surface area contributed by atoms with Gasteiger partial charge in [0.15, 0.2) is 0 Å². The predicted octanol–water partition coefficient (Wildman–Crippen LogP) is 6.16. The van der Waals surface area contributed by atoms with Crippen molar-refractivity contribution in [1.29, 1.82) is 0 Å². The fourth-order valence-electron chi connectivity index (χ4n) is 4.98. The van der Waals surface area contributed by atoms with Gasteiger partial charge in [0.25, 0.3) is 10.0 Å². The molecule has 39 heavy (non-hydrogen) atoms. The first kappa shape index (κ1) is 29.2. The molecule has 0 bridgehead atoms. The number of anilines is 1. The predicted molar refractivity (Wildman–Crippen MR) is 157 cm³/mol. The van der Waals surface area contributed by atoms with Gasteiger partial charge in [-0.25, -0.2) is 8.42 Å². The van der Waals surface area contributed by atoms with Gasteiger partial charge < -0.3 is 10.2 Å². The molecule has 0 unspecified atom stereocenters. The Kier molecular flexibility index (Phi) is 9.41. The van der Waals surface area contributed by atoms with Gasteiger partial charge in [0.05, 0.1) is 10.6 Å². The third kappa shape index (κ3) is 6.18. The van der Waals surface area contributed by atoms with Crippen molar-refractivity contribution in [2.45, 2.75) is 63.4 Å². The standard InChI is InChI=1S/C29H33Cl2N3O4S/c1-3-5-16-32-29(36)24(4-2)33(19-21-14-15-22(30)18-23(21)31)27(35)13-8-17-34-25-11-6-9-20-10-7-12-26(28(20)25)39(34,37)38/h6-7,9-12,14-15,18,24H,3-5,8,13,16-17,19H2,1-2H3,(H,32,36)/t24-/m0/s1. The normalized spacial score (nSPS) is 14.4. The van der Waals surface area contributed by atoms with Crippen LogP contribution in [-0.4, -0.2) is 44.3 Å². The summed E-state index contributed by atoms with van der Waals surface area (Å²) in [6, 6.07) is 15.1. The highest BCUT2D eigenvalue weighted by Gasteiger charge is 2.35. The Labute approximate surface area is 240 Å². The van der Waals surface area contributed by atoms with Gasteiger partial charge in [0, 0.05) is 41.5 Å². The molecule has 0 aromatic heterocycles. The van der Waals surface area contributed by atoms with Gasteiger partial charge in [0.2, 0.25) is 11.8 Å². The van der Waals surface area contributed by atoms with Crippen molar-refractivity contribution in [2.75, 3.05) is 17.4 Å². The topological polar surface area (TPSA) is 86.8 Å². The molecule has 2 amide bonds. The number of nitrogens with one attached hydrogen (secondary N) is 1. The number of sulfonamides is 1. The molecule has 0 aliphatic carbocycles. The van der Waals surface area contributed by atoms with Gasteiger partial charge >= 0.3 is 0 Å². The molecule has 3 aromatic rings. The Morgan fingerprint density at radius 3 is 2.46 bits per heavy atom. The maximum atomic E-state index is 13.6. The van der Waals surface area contributed by atoms with Crippen LogP contribution in [0.25, 0.3) is 10.8 Å². The van der Waals surface area contributed by atoms with Gasteiger partial charge in [-0.05, 0) is 54.5 Å². The summed E-state index contributed by atoms with van der Waals surface area (Å²) in [5.74, 6) is -0.459. The molecule has 1 heterocycles. The van der Waals surface area contributed by atoms with E-state index in [2.05, 4.69) is 5.32 Å². The molecule has 1 aliphatic rings. The maximum absolute atomic E-state index is 13.6. The molecule has 0 spiro atoms. The van der Waals surface area contributed by atoms with E-state index in [0.717, 1.165) is 18.2 Å². The van der Waals surface area contributed by atoms with E-state index >= 15 is 0 Å². The molecule has 0 radical (unpaired) electrons. The second kappa shape index (κ2) is 12.6. The maximum Gasteiger partial charge on any atom is 0.265 e. The number of benzene rings is 3. The van der Waals surface area contributed by atoms with Crippen molar-refractivity contribution in [3.8, 4) is 0 Å². The number of hydrogen-bond donors (Lipinski definition) is 1. The molecule has 1 N–H and O–H groups in total. The van der Waals surface area contributed by atoms with Gasteiger partial charge in [-0.1, -0.05) is 73.8 Å². The average molecular weight is 591 g/mol. The summed E-state index contributed by atoms with van der Waals surface area (Å²) in [6.45, 7) is 4.73. The van der Waals surface area contributed by atoms with Crippen molar-refractivity contribution < 1.29 is 18.0 Å². The van der Waals surface area contributed by atoms with E-state index in [0.29, 0.717) is 46.1 Å². The molecule has 0 saturated heterocycles. The number of nitrogens with zero attached hydrogens (tertiary/aromatic N) is 2. The summed E-state index contributed by atoms with van der Waals surface area (Å²) < 4.78 is 28.0. The lowest BCUT2D eigenvalue weighted by Gasteiger charge is -2.31. The lowest BCUT2D eigenvalue weighted by molar-refractivity contribution is -0.141. The molecule has 208 valence electrons. The van der Waals surface area contributed by atoms with E-state index in [-0.39, 0.29) is 36.2 Å². The monoisotopic (exact) mass is 589 g/mol. The van der Waals surface area contributed by atoms with Crippen LogP contribution >= 0.6 is 23.2 Å². The Hall–Kier alpha value is -2.81. The molecular formula is C29H33Cl2N3O4S. The summed E-state index contributed by atoms with van der Waals surface area (Å²) in [5, 5.41) is 5.40. The van der Waals surface area contributed by atoms with Crippen molar-refractivity contribution in [3.05, 3.63) is 70.2 Å². The number of unbranched alkanes of at least 4 members (excludes halogenated alkanes) is 1. The first-order chi connectivity index (χ1) is 18.7. The largest absolute Gasteiger partial charge is 0.354 e. The first-order valence-corrected chi connectivity index (χ1v) is 15.4. The van der Waals surface area contributed by atoms with E-state index in [1.165, 1.54) is 4.31 Å². The van der Waals surface area contributed by atoms with Crippen LogP contribution in [0, 0.1) is 0 Å². The molecule has 3 aromatic carbocycles. The van der Waals surface area contributed by atoms with E-state index in [9.17, 15) is 18.0 Å². The fraction of sp³-hybridized carbons (Fsp3) is 0.379. The van der Waals surface area contributed by atoms with Crippen LogP contribution in [0.15, 0.2) is 59.5 Å². The quantitative estimate of drug-likeness (QED) is 0.256. The number of carbonyl (C=O) groups excluding carboxylic acids is 2. The molecular weight excluding hydrogens is 557 g/mol. The highest BCUT2D eigenvalue weighted by Crippen LogP contribution is 2.42. The van der Waals surface area contributed by atoms with Gasteiger partial charge in [-0.3, -0.25) is 13.9 Å². The Bertz CT molecular complexity index is 1470. The van der Waals surface area contributed by atoms with E-state index in [4.69, 9.17) is 23.2 Å². The lowest BCUT2D eigenvalue weighted by atomic mass is 10.1. The number of carbonyl (C=O) groups is 2. The zero-order valence-electron chi connectivity index (χ0n) is 22.1. The second-order valence-corrected chi connectivity index (χ2v) is 12.3. The summed E-state index contributed by atoms with van der Waals surface area (Å²) >= 11 is 12.5. The number of hydrogen-bond acceptors (Lipinski definition) is 4. The highest BCUT2D eigenvalue weighted by atomic mass is 35.5. The van der Waals surface area contributed by atoms with Crippen molar-refractivity contribution in [1.82, 2.24) is 10.2 Å².